The fraction of sp³-hybridized carbons (Fsp3) is 0.0385. The largest absolute Gasteiger partial charge is 0.322 e. The van der Waals surface area contributed by atoms with E-state index < -0.39 is 5.25 Å². The maximum atomic E-state index is 13.1. The molecule has 1 aromatic heterocycles. The highest BCUT2D eigenvalue weighted by Gasteiger charge is 2.22. The summed E-state index contributed by atoms with van der Waals surface area (Å²) < 4.78 is 0. The Hall–Kier alpha value is -3.61. The number of benzene rings is 3. The molecule has 2 N–H and O–H groups in total. The third-order valence-electron chi connectivity index (χ3n) is 4.71. The molecule has 0 aliphatic heterocycles. The van der Waals surface area contributed by atoms with E-state index in [9.17, 15) is 9.59 Å². The summed E-state index contributed by atoms with van der Waals surface area (Å²) in [5, 5.41) is 5.77. The van der Waals surface area contributed by atoms with E-state index in [0.717, 1.165) is 10.5 Å². The Bertz CT molecular complexity index is 1240. The predicted octanol–water partition coefficient (Wildman–Crippen LogP) is 6.46. The molecule has 0 spiro atoms. The molecule has 0 saturated carbocycles. The molecule has 3 aromatic carbocycles. The Balaban J connectivity index is 1.48. The van der Waals surface area contributed by atoms with Gasteiger partial charge in [0.2, 0.25) is 5.91 Å². The lowest BCUT2D eigenvalue weighted by atomic mass is 10.1. The second-order valence-corrected chi connectivity index (χ2v) is 8.72. The molecule has 5 nitrogen and oxygen atoms in total. The summed E-state index contributed by atoms with van der Waals surface area (Å²) in [4.78, 5) is 30.6. The first kappa shape index (κ1) is 22.6. The van der Waals surface area contributed by atoms with E-state index in [2.05, 4.69) is 15.6 Å². The van der Waals surface area contributed by atoms with Crippen LogP contribution >= 0.6 is 23.4 Å². The summed E-state index contributed by atoms with van der Waals surface area (Å²) in [5.74, 6) is 0.0983. The average Bonchev–Trinajstić information content (AvgIpc) is 2.84. The van der Waals surface area contributed by atoms with Crippen LogP contribution in [-0.4, -0.2) is 16.8 Å². The molecule has 7 heteroatoms. The minimum atomic E-state index is -0.472. The van der Waals surface area contributed by atoms with Crippen LogP contribution in [0.15, 0.2) is 108 Å². The normalized spacial score (nSPS) is 11.4. The number of rotatable bonds is 7. The maximum absolute atomic E-state index is 13.1. The Morgan fingerprint density at radius 1 is 0.818 bits per heavy atom. The van der Waals surface area contributed by atoms with Crippen molar-refractivity contribution in [3.63, 3.8) is 0 Å². The van der Waals surface area contributed by atoms with Gasteiger partial charge in [0.15, 0.2) is 0 Å². The molecule has 2 amide bonds. The number of thioether (sulfide) groups is 1. The van der Waals surface area contributed by atoms with Crippen LogP contribution in [0.1, 0.15) is 21.2 Å². The lowest BCUT2D eigenvalue weighted by Gasteiger charge is -2.17. The molecule has 4 aromatic rings. The van der Waals surface area contributed by atoms with Crippen molar-refractivity contribution in [2.24, 2.45) is 0 Å². The van der Waals surface area contributed by atoms with Gasteiger partial charge in [-0.1, -0.05) is 54.1 Å². The van der Waals surface area contributed by atoms with Crippen molar-refractivity contribution in [1.82, 2.24) is 4.98 Å². The van der Waals surface area contributed by atoms with Gasteiger partial charge < -0.3 is 10.6 Å². The lowest BCUT2D eigenvalue weighted by molar-refractivity contribution is -0.115. The van der Waals surface area contributed by atoms with Gasteiger partial charge >= 0.3 is 0 Å². The molecule has 0 aliphatic carbocycles. The van der Waals surface area contributed by atoms with Gasteiger partial charge in [-0.25, -0.2) is 4.98 Å². The molecule has 0 radical (unpaired) electrons. The van der Waals surface area contributed by atoms with Crippen molar-refractivity contribution in [2.75, 3.05) is 10.6 Å². The Kier molecular flexibility index (Phi) is 7.40. The van der Waals surface area contributed by atoms with Crippen LogP contribution in [0.2, 0.25) is 5.02 Å². The van der Waals surface area contributed by atoms with E-state index in [1.807, 2.05) is 60.7 Å². The topological polar surface area (TPSA) is 71.1 Å². The molecule has 0 aliphatic rings. The number of hydrogen-bond acceptors (Lipinski definition) is 4. The Morgan fingerprint density at radius 2 is 1.58 bits per heavy atom. The predicted molar refractivity (Wildman–Crippen MR) is 134 cm³/mol. The van der Waals surface area contributed by atoms with Crippen molar-refractivity contribution in [3.05, 3.63) is 119 Å². The van der Waals surface area contributed by atoms with E-state index in [1.165, 1.54) is 11.8 Å². The fourth-order valence-corrected chi connectivity index (χ4v) is 4.33. The van der Waals surface area contributed by atoms with E-state index in [1.54, 1.807) is 42.6 Å². The molecule has 0 fully saturated rings. The molecule has 33 heavy (non-hydrogen) atoms. The van der Waals surface area contributed by atoms with Crippen LogP contribution in [0, 0.1) is 0 Å². The molecular weight excluding hydrogens is 454 g/mol. The highest BCUT2D eigenvalue weighted by Crippen LogP contribution is 2.36. The minimum absolute atomic E-state index is 0.164. The van der Waals surface area contributed by atoms with Crippen molar-refractivity contribution in [3.8, 4) is 0 Å². The van der Waals surface area contributed by atoms with Crippen molar-refractivity contribution in [2.45, 2.75) is 10.1 Å². The molecule has 1 heterocycles. The molecule has 4 rings (SSSR count). The van der Waals surface area contributed by atoms with Gasteiger partial charge in [0, 0.05) is 27.4 Å². The monoisotopic (exact) mass is 473 g/mol. The average molecular weight is 474 g/mol. The third kappa shape index (κ3) is 6.22. The standard InChI is InChI=1S/C26H20ClN3O2S/c27-20-10-6-9-19(17-20)25(31)29-21-12-14-22(15-13-21)33-24(18-7-2-1-3-8-18)26(32)30-23-11-4-5-16-28-23/h1-17,24H,(H,29,31)(H,28,30,32). The van der Waals surface area contributed by atoms with Crippen LogP contribution < -0.4 is 10.6 Å². The summed E-state index contributed by atoms with van der Waals surface area (Å²) in [6.07, 6.45) is 1.64. The van der Waals surface area contributed by atoms with Crippen molar-refractivity contribution >= 4 is 46.7 Å². The first-order valence-electron chi connectivity index (χ1n) is 10.2. The van der Waals surface area contributed by atoms with Crippen molar-refractivity contribution in [1.29, 1.82) is 0 Å². The fourth-order valence-electron chi connectivity index (χ4n) is 3.12. The Morgan fingerprint density at radius 3 is 2.27 bits per heavy atom. The number of pyridine rings is 1. The van der Waals surface area contributed by atoms with E-state index in [0.29, 0.717) is 22.1 Å². The lowest BCUT2D eigenvalue weighted by Crippen LogP contribution is -2.19. The van der Waals surface area contributed by atoms with Crippen molar-refractivity contribution < 1.29 is 9.59 Å². The van der Waals surface area contributed by atoms with Gasteiger partial charge in [-0.3, -0.25) is 9.59 Å². The minimum Gasteiger partial charge on any atom is -0.322 e. The molecule has 0 saturated heterocycles. The maximum Gasteiger partial charge on any atom is 0.255 e. The number of hydrogen-bond donors (Lipinski definition) is 2. The number of carbonyl (C=O) groups is 2. The van der Waals surface area contributed by atoms with Crippen LogP contribution in [0.25, 0.3) is 0 Å². The number of nitrogens with one attached hydrogen (secondary N) is 2. The quantitative estimate of drug-likeness (QED) is 0.302. The summed E-state index contributed by atoms with van der Waals surface area (Å²) in [6, 6.07) is 29.1. The smallest absolute Gasteiger partial charge is 0.255 e. The Labute approximate surface area is 201 Å². The van der Waals surface area contributed by atoms with Crippen LogP contribution in [0.3, 0.4) is 0 Å². The number of aromatic nitrogens is 1. The number of nitrogens with zero attached hydrogens (tertiary/aromatic N) is 1. The summed E-state index contributed by atoms with van der Waals surface area (Å²) >= 11 is 7.39. The molecule has 1 unspecified atom stereocenters. The van der Waals surface area contributed by atoms with Gasteiger partial charge in [0.25, 0.3) is 5.91 Å². The summed E-state index contributed by atoms with van der Waals surface area (Å²) in [5.41, 5.74) is 2.02. The summed E-state index contributed by atoms with van der Waals surface area (Å²) in [7, 11) is 0. The summed E-state index contributed by atoms with van der Waals surface area (Å²) in [6.45, 7) is 0. The number of amides is 2. The van der Waals surface area contributed by atoms with Crippen LogP contribution in [0.5, 0.6) is 0 Å². The number of anilines is 2. The molecule has 0 bridgehead atoms. The second kappa shape index (κ2) is 10.8. The first-order valence-corrected chi connectivity index (χ1v) is 11.4. The number of carbonyl (C=O) groups excluding carboxylic acids is 2. The zero-order valence-corrected chi connectivity index (χ0v) is 19.0. The molecular formula is C26H20ClN3O2S. The zero-order valence-electron chi connectivity index (χ0n) is 17.4. The van der Waals surface area contributed by atoms with Crippen LogP contribution in [0.4, 0.5) is 11.5 Å². The highest BCUT2D eigenvalue weighted by atomic mass is 35.5. The van der Waals surface area contributed by atoms with E-state index in [4.69, 9.17) is 11.6 Å². The SMILES string of the molecule is O=C(Nc1ccc(SC(C(=O)Nc2ccccn2)c2ccccc2)cc1)c1cccc(Cl)c1. The van der Waals surface area contributed by atoms with E-state index >= 15 is 0 Å². The van der Waals surface area contributed by atoms with E-state index in [-0.39, 0.29) is 11.8 Å². The second-order valence-electron chi connectivity index (χ2n) is 7.10. The van der Waals surface area contributed by atoms with Gasteiger partial charge in [0.1, 0.15) is 11.1 Å². The first-order chi connectivity index (χ1) is 16.1. The third-order valence-corrected chi connectivity index (χ3v) is 6.21. The van der Waals surface area contributed by atoms with Gasteiger partial charge in [0.05, 0.1) is 0 Å². The molecule has 1 atom stereocenters. The van der Waals surface area contributed by atoms with Gasteiger partial charge in [-0.05, 0) is 60.2 Å². The number of halogens is 1. The van der Waals surface area contributed by atoms with Gasteiger partial charge in [-0.15, -0.1) is 11.8 Å². The molecule has 164 valence electrons. The van der Waals surface area contributed by atoms with Gasteiger partial charge in [-0.2, -0.15) is 0 Å². The zero-order chi connectivity index (χ0) is 23.0. The highest BCUT2D eigenvalue weighted by molar-refractivity contribution is 8.00. The van der Waals surface area contributed by atoms with Crippen LogP contribution in [-0.2, 0) is 4.79 Å².